The first-order valence-corrected chi connectivity index (χ1v) is 14.1. The van der Waals surface area contributed by atoms with Gasteiger partial charge in [0.1, 0.15) is 18.3 Å². The number of sulfonamides is 1. The first-order chi connectivity index (χ1) is 16.9. The molecule has 0 aliphatic rings. The summed E-state index contributed by atoms with van der Waals surface area (Å²) in [6.07, 6.45) is 1.33. The zero-order chi connectivity index (χ0) is 27.0. The molecule has 198 valence electrons. The molecule has 0 unspecified atom stereocenters. The predicted octanol–water partition coefficient (Wildman–Crippen LogP) is 4.35. The Hall–Kier alpha value is -2.49. The van der Waals surface area contributed by atoms with Gasteiger partial charge in [0.15, 0.2) is 0 Å². The molecular weight excluding hydrogens is 525 g/mol. The number of nitrogens with zero attached hydrogens (tertiary/aromatic N) is 2. The summed E-state index contributed by atoms with van der Waals surface area (Å²) < 4.78 is 31.8. The van der Waals surface area contributed by atoms with Crippen molar-refractivity contribution in [1.82, 2.24) is 10.2 Å². The summed E-state index contributed by atoms with van der Waals surface area (Å²) >= 11 is 12.4. The van der Waals surface area contributed by atoms with E-state index >= 15 is 0 Å². The molecule has 0 saturated carbocycles. The van der Waals surface area contributed by atoms with E-state index < -0.39 is 28.5 Å². The minimum Gasteiger partial charge on any atom is -0.495 e. The molecule has 2 amide bonds. The van der Waals surface area contributed by atoms with Crippen molar-refractivity contribution < 1.29 is 22.7 Å². The van der Waals surface area contributed by atoms with Crippen molar-refractivity contribution in [2.24, 2.45) is 5.92 Å². The number of amides is 2. The number of carbonyl (C=O) groups is 2. The second kappa shape index (κ2) is 13.2. The van der Waals surface area contributed by atoms with Gasteiger partial charge in [0.25, 0.3) is 0 Å². The Labute approximate surface area is 223 Å². The largest absolute Gasteiger partial charge is 0.495 e. The van der Waals surface area contributed by atoms with Gasteiger partial charge >= 0.3 is 0 Å². The van der Waals surface area contributed by atoms with E-state index in [-0.39, 0.29) is 24.1 Å². The van der Waals surface area contributed by atoms with Crippen LogP contribution in [0.4, 0.5) is 5.69 Å². The standard InChI is InChI=1S/C25H33Cl2N3O5S/c1-6-21(25(32)28-14-17(2)3)29(15-18-11-12-19(26)13-20(18)27)24(31)16-30(36(5,33)34)22-9-7-8-10-23(22)35-4/h7-13,17,21H,6,14-16H2,1-5H3,(H,28,32)/t21-/m1/s1. The maximum atomic E-state index is 13.7. The van der Waals surface area contributed by atoms with E-state index in [9.17, 15) is 18.0 Å². The first kappa shape index (κ1) is 29.7. The van der Waals surface area contributed by atoms with Crippen molar-refractivity contribution in [1.29, 1.82) is 0 Å². The van der Waals surface area contributed by atoms with Gasteiger partial charge in [0.2, 0.25) is 21.8 Å². The fourth-order valence-electron chi connectivity index (χ4n) is 3.61. The zero-order valence-electron chi connectivity index (χ0n) is 21.1. The van der Waals surface area contributed by atoms with Crippen molar-refractivity contribution in [2.75, 3.05) is 30.8 Å². The van der Waals surface area contributed by atoms with Gasteiger partial charge in [-0.05, 0) is 42.2 Å². The summed E-state index contributed by atoms with van der Waals surface area (Å²) in [5, 5.41) is 3.64. The molecule has 2 rings (SSSR count). The molecule has 2 aromatic rings. The van der Waals surface area contributed by atoms with Crippen LogP contribution >= 0.6 is 23.2 Å². The second-order valence-corrected chi connectivity index (χ2v) is 11.5. The quantitative estimate of drug-likeness (QED) is 0.418. The van der Waals surface area contributed by atoms with Gasteiger partial charge in [0, 0.05) is 23.1 Å². The number of nitrogens with one attached hydrogen (secondary N) is 1. The predicted molar refractivity (Wildman–Crippen MR) is 144 cm³/mol. The third kappa shape index (κ3) is 8.01. The van der Waals surface area contributed by atoms with Crippen LogP contribution < -0.4 is 14.4 Å². The highest BCUT2D eigenvalue weighted by molar-refractivity contribution is 7.92. The normalized spacial score (nSPS) is 12.2. The molecule has 0 radical (unpaired) electrons. The van der Waals surface area contributed by atoms with Crippen LogP contribution in [0, 0.1) is 5.92 Å². The third-order valence-corrected chi connectivity index (χ3v) is 7.17. The fraction of sp³-hybridized carbons (Fsp3) is 0.440. The van der Waals surface area contributed by atoms with Crippen LogP contribution in [-0.2, 0) is 26.2 Å². The van der Waals surface area contributed by atoms with Crippen molar-refractivity contribution in [3.05, 3.63) is 58.1 Å². The highest BCUT2D eigenvalue weighted by Crippen LogP contribution is 2.30. The molecule has 0 spiro atoms. The molecule has 0 aromatic heterocycles. The summed E-state index contributed by atoms with van der Waals surface area (Å²) in [5.74, 6) is -0.381. The topological polar surface area (TPSA) is 96.0 Å². The molecule has 0 aliphatic heterocycles. The Kier molecular flexibility index (Phi) is 10.9. The average molecular weight is 559 g/mol. The lowest BCUT2D eigenvalue weighted by Gasteiger charge is -2.33. The van der Waals surface area contributed by atoms with E-state index in [1.54, 1.807) is 49.4 Å². The number of benzene rings is 2. The van der Waals surface area contributed by atoms with E-state index in [0.717, 1.165) is 10.6 Å². The number of carbonyl (C=O) groups excluding carboxylic acids is 2. The number of halogens is 2. The molecule has 0 fully saturated rings. The summed E-state index contributed by atoms with van der Waals surface area (Å²) in [5.41, 5.74) is 0.797. The van der Waals surface area contributed by atoms with Crippen LogP contribution in [0.25, 0.3) is 0 Å². The number of methoxy groups -OCH3 is 1. The van der Waals surface area contributed by atoms with Gasteiger partial charge in [-0.2, -0.15) is 0 Å². The van der Waals surface area contributed by atoms with Gasteiger partial charge in [-0.25, -0.2) is 8.42 Å². The molecule has 1 N–H and O–H groups in total. The maximum absolute atomic E-state index is 13.7. The highest BCUT2D eigenvalue weighted by Gasteiger charge is 2.32. The molecule has 0 heterocycles. The minimum absolute atomic E-state index is 0.00797. The number of ether oxygens (including phenoxy) is 1. The van der Waals surface area contributed by atoms with Crippen molar-refractivity contribution >= 4 is 50.7 Å². The van der Waals surface area contributed by atoms with E-state index in [4.69, 9.17) is 27.9 Å². The van der Waals surface area contributed by atoms with E-state index in [1.807, 2.05) is 13.8 Å². The lowest BCUT2D eigenvalue weighted by molar-refractivity contribution is -0.140. The summed E-state index contributed by atoms with van der Waals surface area (Å²) in [6.45, 7) is 5.63. The SMILES string of the molecule is CC[C@H](C(=O)NCC(C)C)N(Cc1ccc(Cl)cc1Cl)C(=O)CN(c1ccccc1OC)S(C)(=O)=O. The van der Waals surface area contributed by atoms with E-state index in [0.29, 0.717) is 34.3 Å². The van der Waals surface area contributed by atoms with E-state index in [2.05, 4.69) is 5.32 Å². The molecule has 11 heteroatoms. The lowest BCUT2D eigenvalue weighted by atomic mass is 10.1. The Morgan fingerprint density at radius 2 is 1.78 bits per heavy atom. The lowest BCUT2D eigenvalue weighted by Crippen LogP contribution is -2.52. The van der Waals surface area contributed by atoms with Crippen LogP contribution in [-0.4, -0.2) is 57.6 Å². The Balaban J connectivity index is 2.49. The monoisotopic (exact) mass is 557 g/mol. The number of hydrogen-bond acceptors (Lipinski definition) is 5. The average Bonchev–Trinajstić information content (AvgIpc) is 2.81. The van der Waals surface area contributed by atoms with Gasteiger partial charge in [-0.1, -0.05) is 62.2 Å². The molecular formula is C25H33Cl2N3O5S. The zero-order valence-corrected chi connectivity index (χ0v) is 23.5. The first-order valence-electron chi connectivity index (χ1n) is 11.5. The Morgan fingerprint density at radius 3 is 2.33 bits per heavy atom. The van der Waals surface area contributed by atoms with Crippen LogP contribution in [0.15, 0.2) is 42.5 Å². The van der Waals surface area contributed by atoms with Crippen molar-refractivity contribution in [2.45, 2.75) is 39.8 Å². The van der Waals surface area contributed by atoms with Crippen LogP contribution in [0.3, 0.4) is 0 Å². The van der Waals surface area contributed by atoms with Gasteiger partial charge in [-0.15, -0.1) is 0 Å². The van der Waals surface area contributed by atoms with Gasteiger partial charge in [-0.3, -0.25) is 13.9 Å². The number of hydrogen-bond donors (Lipinski definition) is 1. The van der Waals surface area contributed by atoms with E-state index in [1.165, 1.54) is 12.0 Å². The molecule has 1 atom stereocenters. The highest BCUT2D eigenvalue weighted by atomic mass is 35.5. The Bertz CT molecular complexity index is 1170. The molecule has 0 saturated heterocycles. The molecule has 36 heavy (non-hydrogen) atoms. The summed E-state index contributed by atoms with van der Waals surface area (Å²) in [6, 6.07) is 10.5. The molecule has 0 bridgehead atoms. The van der Waals surface area contributed by atoms with Crippen LogP contribution in [0.2, 0.25) is 10.0 Å². The summed E-state index contributed by atoms with van der Waals surface area (Å²) in [4.78, 5) is 28.2. The van der Waals surface area contributed by atoms with Crippen molar-refractivity contribution in [3.63, 3.8) is 0 Å². The van der Waals surface area contributed by atoms with Crippen LogP contribution in [0.1, 0.15) is 32.8 Å². The second-order valence-electron chi connectivity index (χ2n) is 8.76. The Morgan fingerprint density at radius 1 is 1.11 bits per heavy atom. The van der Waals surface area contributed by atoms with Gasteiger partial charge in [0.05, 0.1) is 19.1 Å². The number of anilines is 1. The molecule has 0 aliphatic carbocycles. The minimum atomic E-state index is -3.88. The maximum Gasteiger partial charge on any atom is 0.244 e. The summed E-state index contributed by atoms with van der Waals surface area (Å²) in [7, 11) is -2.46. The fourth-order valence-corrected chi connectivity index (χ4v) is 4.93. The van der Waals surface area contributed by atoms with Crippen LogP contribution in [0.5, 0.6) is 5.75 Å². The molecule has 2 aromatic carbocycles. The van der Waals surface area contributed by atoms with Crippen molar-refractivity contribution in [3.8, 4) is 5.75 Å². The third-order valence-electron chi connectivity index (χ3n) is 5.46. The number of para-hydroxylation sites is 2. The number of rotatable bonds is 12. The van der Waals surface area contributed by atoms with Gasteiger partial charge < -0.3 is 15.0 Å². The molecule has 8 nitrogen and oxygen atoms in total. The smallest absolute Gasteiger partial charge is 0.244 e.